The Hall–Kier alpha value is -4.24. The molecule has 0 spiro atoms. The molecule has 2 aromatic carbocycles. The molecule has 9 nitrogen and oxygen atoms in total. The molecule has 1 saturated heterocycles. The van der Waals surface area contributed by atoms with E-state index in [4.69, 9.17) is 16.3 Å². The van der Waals surface area contributed by atoms with Crippen molar-refractivity contribution in [2.24, 2.45) is 0 Å². The maximum Gasteiger partial charge on any atom is 0.295 e. The molecule has 178 valence electrons. The fourth-order valence-corrected chi connectivity index (χ4v) is 4.20. The number of carbonyl (C=O) groups is 2. The largest absolute Gasteiger partial charge is 0.507 e. The van der Waals surface area contributed by atoms with Crippen LogP contribution in [-0.2, 0) is 16.1 Å². The molecule has 2 heterocycles. The van der Waals surface area contributed by atoms with Crippen molar-refractivity contribution >= 4 is 34.7 Å². The summed E-state index contributed by atoms with van der Waals surface area (Å²) in [4.78, 5) is 42.4. The molecule has 0 saturated carbocycles. The summed E-state index contributed by atoms with van der Waals surface area (Å²) in [5.74, 6) is -1.80. The first-order valence-electron chi connectivity index (χ1n) is 10.7. The molecule has 35 heavy (non-hydrogen) atoms. The smallest absolute Gasteiger partial charge is 0.295 e. The fourth-order valence-electron chi connectivity index (χ4n) is 3.96. The van der Waals surface area contributed by atoms with Gasteiger partial charge in [0.2, 0.25) is 0 Å². The van der Waals surface area contributed by atoms with E-state index in [1.165, 1.54) is 35.2 Å². The number of nitro benzene ring substituents is 1. The summed E-state index contributed by atoms with van der Waals surface area (Å²) in [7, 11) is 0. The summed E-state index contributed by atoms with van der Waals surface area (Å²) in [6.45, 7) is 2.19. The molecule has 1 fully saturated rings. The third-order valence-corrected chi connectivity index (χ3v) is 5.81. The van der Waals surface area contributed by atoms with Crippen molar-refractivity contribution in [2.75, 3.05) is 6.61 Å². The zero-order valence-corrected chi connectivity index (χ0v) is 19.3. The third kappa shape index (κ3) is 4.71. The SMILES string of the molecule is CCOc1ccc(C(O)=C2C(=O)C(=O)N(Cc3cccnc3)[C@@H]2c2cccc([N+](=O)[O-])c2)cc1Cl. The number of hydrogen-bond donors (Lipinski definition) is 1. The highest BCUT2D eigenvalue weighted by atomic mass is 35.5. The van der Waals surface area contributed by atoms with Crippen LogP contribution in [0.25, 0.3) is 5.76 Å². The second-order valence-electron chi connectivity index (χ2n) is 7.72. The van der Waals surface area contributed by atoms with Crippen LogP contribution in [0.4, 0.5) is 5.69 Å². The van der Waals surface area contributed by atoms with Crippen LogP contribution < -0.4 is 4.74 Å². The van der Waals surface area contributed by atoms with E-state index < -0.39 is 28.4 Å². The topological polar surface area (TPSA) is 123 Å². The molecule has 0 aliphatic carbocycles. The van der Waals surface area contributed by atoms with Crippen molar-refractivity contribution in [3.63, 3.8) is 0 Å². The van der Waals surface area contributed by atoms with E-state index in [1.54, 1.807) is 43.6 Å². The van der Waals surface area contributed by atoms with Crippen LogP contribution >= 0.6 is 11.6 Å². The maximum atomic E-state index is 13.2. The Morgan fingerprint density at radius 3 is 2.66 bits per heavy atom. The van der Waals surface area contributed by atoms with Gasteiger partial charge in [-0.05, 0) is 42.3 Å². The Bertz CT molecular complexity index is 1340. The lowest BCUT2D eigenvalue weighted by Gasteiger charge is -2.25. The standard InChI is InChI=1S/C25H20ClN3O6/c1-2-35-20-9-8-17(12-19(20)26)23(30)21-22(16-6-3-7-18(11-16)29(33)34)28(25(32)24(21)31)14-15-5-4-10-27-13-15/h3-13,22,30H,2,14H2,1H3/t22-/m1/s1. The van der Waals surface area contributed by atoms with Crippen LogP contribution in [0.3, 0.4) is 0 Å². The predicted octanol–water partition coefficient (Wildman–Crippen LogP) is 4.66. The average molecular weight is 494 g/mol. The van der Waals surface area contributed by atoms with Crippen molar-refractivity contribution in [2.45, 2.75) is 19.5 Å². The first-order chi connectivity index (χ1) is 16.8. The Morgan fingerprint density at radius 1 is 1.20 bits per heavy atom. The first-order valence-corrected chi connectivity index (χ1v) is 11.0. The zero-order chi connectivity index (χ0) is 25.1. The molecule has 1 aromatic heterocycles. The number of benzene rings is 2. The number of ketones is 1. The predicted molar refractivity (Wildman–Crippen MR) is 128 cm³/mol. The molecule has 1 aliphatic rings. The van der Waals surface area contributed by atoms with Crippen molar-refractivity contribution < 1.29 is 24.4 Å². The molecule has 0 unspecified atom stereocenters. The normalized spacial score (nSPS) is 17.0. The Morgan fingerprint density at radius 2 is 2.00 bits per heavy atom. The molecule has 10 heteroatoms. The van der Waals surface area contributed by atoms with Gasteiger partial charge in [-0.15, -0.1) is 0 Å². The van der Waals surface area contributed by atoms with Gasteiger partial charge < -0.3 is 14.7 Å². The number of halogens is 1. The van der Waals surface area contributed by atoms with Gasteiger partial charge in [0, 0.05) is 36.6 Å². The number of likely N-dealkylation sites (tertiary alicyclic amines) is 1. The number of nitro groups is 1. The zero-order valence-electron chi connectivity index (χ0n) is 18.6. The van der Waals surface area contributed by atoms with Crippen molar-refractivity contribution in [1.82, 2.24) is 9.88 Å². The van der Waals surface area contributed by atoms with Gasteiger partial charge >= 0.3 is 0 Å². The van der Waals surface area contributed by atoms with E-state index >= 15 is 0 Å². The molecule has 1 aliphatic heterocycles. The molecular weight excluding hydrogens is 474 g/mol. The highest BCUT2D eigenvalue weighted by Gasteiger charge is 2.46. The monoisotopic (exact) mass is 493 g/mol. The number of aromatic nitrogens is 1. The minimum absolute atomic E-state index is 0.00653. The summed E-state index contributed by atoms with van der Waals surface area (Å²) in [5, 5.41) is 22.8. The maximum absolute atomic E-state index is 13.2. The van der Waals surface area contributed by atoms with Gasteiger partial charge in [0.05, 0.1) is 28.2 Å². The summed E-state index contributed by atoms with van der Waals surface area (Å²) in [6.07, 6.45) is 3.13. The number of Topliss-reactive ketones (excluding diaryl/α,β-unsaturated/α-hetero) is 1. The van der Waals surface area contributed by atoms with Crippen molar-refractivity contribution in [3.8, 4) is 5.75 Å². The highest BCUT2D eigenvalue weighted by molar-refractivity contribution is 6.46. The van der Waals surface area contributed by atoms with Crippen molar-refractivity contribution in [1.29, 1.82) is 0 Å². The van der Waals surface area contributed by atoms with Gasteiger partial charge in [0.1, 0.15) is 11.5 Å². The lowest BCUT2D eigenvalue weighted by molar-refractivity contribution is -0.384. The van der Waals surface area contributed by atoms with Gasteiger partial charge in [-0.3, -0.25) is 24.7 Å². The van der Waals surface area contributed by atoms with E-state index in [0.717, 1.165) is 0 Å². The number of carbonyl (C=O) groups excluding carboxylic acids is 2. The summed E-state index contributed by atoms with van der Waals surface area (Å²) in [6, 6.07) is 12.5. The number of hydrogen-bond acceptors (Lipinski definition) is 7. The Labute approximate surface area is 205 Å². The van der Waals surface area contributed by atoms with E-state index in [1.807, 2.05) is 0 Å². The molecule has 4 rings (SSSR count). The number of pyridine rings is 1. The molecular formula is C25H20ClN3O6. The minimum atomic E-state index is -1.07. The molecule has 1 N–H and O–H groups in total. The van der Waals surface area contributed by atoms with Crippen LogP contribution in [0.5, 0.6) is 5.75 Å². The number of aliphatic hydroxyl groups excluding tert-OH is 1. The van der Waals surface area contributed by atoms with E-state index in [2.05, 4.69) is 4.98 Å². The molecule has 0 bridgehead atoms. The summed E-state index contributed by atoms with van der Waals surface area (Å²) < 4.78 is 5.42. The Kier molecular flexibility index (Phi) is 6.79. The fraction of sp³-hybridized carbons (Fsp3) is 0.160. The number of non-ortho nitro benzene ring substituents is 1. The van der Waals surface area contributed by atoms with Gasteiger partial charge in [-0.25, -0.2) is 0 Å². The van der Waals surface area contributed by atoms with Gasteiger partial charge in [-0.1, -0.05) is 29.8 Å². The second kappa shape index (κ2) is 9.94. The molecule has 3 aromatic rings. The number of rotatable bonds is 7. The van der Waals surface area contributed by atoms with E-state index in [9.17, 15) is 24.8 Å². The lowest BCUT2D eigenvalue weighted by Crippen LogP contribution is -2.29. The van der Waals surface area contributed by atoms with E-state index in [0.29, 0.717) is 23.5 Å². The lowest BCUT2D eigenvalue weighted by atomic mass is 9.95. The van der Waals surface area contributed by atoms with Gasteiger partial charge in [0.15, 0.2) is 0 Å². The third-order valence-electron chi connectivity index (χ3n) is 5.52. The van der Waals surface area contributed by atoms with Gasteiger partial charge in [0.25, 0.3) is 17.4 Å². The average Bonchev–Trinajstić information content (AvgIpc) is 3.10. The summed E-state index contributed by atoms with van der Waals surface area (Å²) >= 11 is 6.27. The number of amides is 1. The first kappa shape index (κ1) is 23.9. The van der Waals surface area contributed by atoms with Crippen molar-refractivity contribution in [3.05, 3.63) is 104 Å². The van der Waals surface area contributed by atoms with E-state index in [-0.39, 0.29) is 28.4 Å². The Balaban J connectivity index is 1.87. The van der Waals surface area contributed by atoms with Crippen LogP contribution in [-0.4, -0.2) is 38.2 Å². The van der Waals surface area contributed by atoms with Gasteiger partial charge in [-0.2, -0.15) is 0 Å². The van der Waals surface area contributed by atoms with Crippen LogP contribution in [0.15, 0.2) is 72.6 Å². The van der Waals surface area contributed by atoms with Crippen LogP contribution in [0.1, 0.15) is 29.7 Å². The molecule has 0 radical (unpaired) electrons. The minimum Gasteiger partial charge on any atom is -0.507 e. The number of nitrogens with zero attached hydrogens (tertiary/aromatic N) is 3. The second-order valence-corrected chi connectivity index (χ2v) is 8.13. The number of ether oxygens (including phenoxy) is 1. The number of aliphatic hydroxyl groups is 1. The highest BCUT2D eigenvalue weighted by Crippen LogP contribution is 2.41. The van der Waals surface area contributed by atoms with Crippen LogP contribution in [0.2, 0.25) is 5.02 Å². The van der Waals surface area contributed by atoms with Crippen LogP contribution in [0, 0.1) is 10.1 Å². The quantitative estimate of drug-likeness (QED) is 0.167. The molecule has 1 amide bonds. The molecule has 1 atom stereocenters. The summed E-state index contributed by atoms with van der Waals surface area (Å²) in [5.41, 5.74) is 0.751.